The number of anilines is 1. The zero-order valence-corrected chi connectivity index (χ0v) is 19.6. The van der Waals surface area contributed by atoms with Gasteiger partial charge in [-0.15, -0.1) is 10.2 Å². The zero-order chi connectivity index (χ0) is 22.7. The Balaban J connectivity index is 1.44. The van der Waals surface area contributed by atoms with Crippen molar-refractivity contribution in [1.82, 2.24) is 19.7 Å². The van der Waals surface area contributed by atoms with Crippen LogP contribution in [0.25, 0.3) is 0 Å². The Hall–Kier alpha value is -2.55. The Bertz CT molecular complexity index is 1150. The summed E-state index contributed by atoms with van der Waals surface area (Å²) in [5.41, 5.74) is 1.05. The van der Waals surface area contributed by atoms with E-state index < -0.39 is 0 Å². The smallest absolute Gasteiger partial charge is 0.255 e. The molecule has 0 saturated carbocycles. The van der Waals surface area contributed by atoms with Crippen molar-refractivity contribution in [3.8, 4) is 0 Å². The fourth-order valence-electron chi connectivity index (χ4n) is 3.69. The number of likely N-dealkylation sites (tertiary alicyclic amines) is 1. The summed E-state index contributed by atoms with van der Waals surface area (Å²) in [5.74, 6) is 0.541. The maximum Gasteiger partial charge on any atom is 0.255 e. The molecule has 1 unspecified atom stereocenters. The van der Waals surface area contributed by atoms with Crippen LogP contribution in [0.4, 0.5) is 5.69 Å². The van der Waals surface area contributed by atoms with Gasteiger partial charge < -0.3 is 14.8 Å². The Labute approximate surface area is 200 Å². The van der Waals surface area contributed by atoms with Gasteiger partial charge in [0.15, 0.2) is 11.0 Å². The SMILES string of the molecule is Cn1c(SCC(=O)Nc2ccccc2Cl)nnc1C1CCCN1C(=O)c1ccccc1Cl. The van der Waals surface area contributed by atoms with Gasteiger partial charge >= 0.3 is 0 Å². The number of nitrogens with zero attached hydrogens (tertiary/aromatic N) is 4. The topological polar surface area (TPSA) is 80.1 Å². The van der Waals surface area contributed by atoms with E-state index in [4.69, 9.17) is 23.2 Å². The van der Waals surface area contributed by atoms with Gasteiger partial charge in [0.25, 0.3) is 5.91 Å². The molecule has 1 atom stereocenters. The van der Waals surface area contributed by atoms with Crippen molar-refractivity contribution >= 4 is 52.5 Å². The fourth-order valence-corrected chi connectivity index (χ4v) is 4.81. The predicted molar refractivity (Wildman–Crippen MR) is 126 cm³/mol. The molecule has 4 rings (SSSR count). The van der Waals surface area contributed by atoms with E-state index in [1.165, 1.54) is 11.8 Å². The summed E-state index contributed by atoms with van der Waals surface area (Å²) in [6.45, 7) is 0.629. The summed E-state index contributed by atoms with van der Waals surface area (Å²) in [7, 11) is 1.85. The number of aromatic nitrogens is 3. The number of hydrogen-bond acceptors (Lipinski definition) is 5. The number of amides is 2. The van der Waals surface area contributed by atoms with Crippen molar-refractivity contribution in [3.63, 3.8) is 0 Å². The molecule has 0 radical (unpaired) electrons. The van der Waals surface area contributed by atoms with Crippen LogP contribution >= 0.6 is 35.0 Å². The molecule has 1 N–H and O–H groups in total. The molecule has 0 spiro atoms. The Morgan fingerprint density at radius 1 is 1.09 bits per heavy atom. The van der Waals surface area contributed by atoms with E-state index in [1.54, 1.807) is 53.4 Å². The number of thioether (sulfide) groups is 1. The van der Waals surface area contributed by atoms with Crippen LogP contribution in [-0.2, 0) is 11.8 Å². The first-order valence-corrected chi connectivity index (χ1v) is 11.8. The summed E-state index contributed by atoms with van der Waals surface area (Å²) in [6.07, 6.45) is 1.66. The highest BCUT2D eigenvalue weighted by Crippen LogP contribution is 2.34. The number of benzene rings is 2. The number of rotatable bonds is 6. The number of para-hydroxylation sites is 1. The van der Waals surface area contributed by atoms with Crippen LogP contribution in [0.5, 0.6) is 0 Å². The van der Waals surface area contributed by atoms with Crippen LogP contribution in [0, 0.1) is 0 Å². The van der Waals surface area contributed by atoms with Crippen molar-refractivity contribution in [2.45, 2.75) is 24.0 Å². The number of carbonyl (C=O) groups is 2. The highest BCUT2D eigenvalue weighted by Gasteiger charge is 2.34. The lowest BCUT2D eigenvalue weighted by molar-refractivity contribution is -0.113. The molecular formula is C22H21Cl2N5O2S. The first-order chi connectivity index (χ1) is 15.5. The Morgan fingerprint density at radius 3 is 2.56 bits per heavy atom. The Morgan fingerprint density at radius 2 is 1.81 bits per heavy atom. The van der Waals surface area contributed by atoms with E-state index >= 15 is 0 Å². The van der Waals surface area contributed by atoms with Crippen molar-refractivity contribution < 1.29 is 9.59 Å². The third-order valence-electron chi connectivity index (χ3n) is 5.26. The predicted octanol–water partition coefficient (Wildman–Crippen LogP) is 4.83. The third-order valence-corrected chi connectivity index (χ3v) is 6.94. The molecule has 10 heteroatoms. The number of carbonyl (C=O) groups excluding carboxylic acids is 2. The van der Waals surface area contributed by atoms with Crippen molar-refractivity contribution in [2.75, 3.05) is 17.6 Å². The normalized spacial score (nSPS) is 15.7. The molecule has 1 fully saturated rings. The molecule has 2 heterocycles. The van der Waals surface area contributed by atoms with Crippen LogP contribution in [0.2, 0.25) is 10.0 Å². The lowest BCUT2D eigenvalue weighted by atomic mass is 10.1. The molecule has 2 aromatic carbocycles. The van der Waals surface area contributed by atoms with Crippen molar-refractivity contribution in [2.24, 2.45) is 7.05 Å². The minimum atomic E-state index is -0.192. The van der Waals surface area contributed by atoms with Crippen LogP contribution in [0.3, 0.4) is 0 Å². The standard InChI is InChI=1S/C22H21Cl2N5O2S/c1-28-20(18-11-6-12-29(18)21(31)14-7-2-3-8-15(14)23)26-27-22(28)32-13-19(30)25-17-10-5-4-9-16(17)24/h2-5,7-10,18H,6,11-13H2,1H3,(H,25,30). The van der Waals surface area contributed by atoms with Crippen LogP contribution < -0.4 is 5.32 Å². The monoisotopic (exact) mass is 489 g/mol. The molecule has 0 aliphatic carbocycles. The van der Waals surface area contributed by atoms with Crippen molar-refractivity contribution in [3.05, 3.63) is 70.0 Å². The van der Waals surface area contributed by atoms with Gasteiger partial charge in [0, 0.05) is 13.6 Å². The second-order valence-electron chi connectivity index (χ2n) is 7.35. The Kier molecular flexibility index (Phi) is 7.03. The van der Waals surface area contributed by atoms with Crippen LogP contribution in [-0.4, -0.2) is 43.8 Å². The van der Waals surface area contributed by atoms with Gasteiger partial charge in [-0.3, -0.25) is 9.59 Å². The van der Waals surface area contributed by atoms with E-state index in [0.29, 0.717) is 38.8 Å². The van der Waals surface area contributed by atoms with E-state index in [9.17, 15) is 9.59 Å². The molecule has 3 aromatic rings. The largest absolute Gasteiger partial charge is 0.328 e. The maximum absolute atomic E-state index is 13.1. The van der Waals surface area contributed by atoms with E-state index in [1.807, 2.05) is 11.6 Å². The van der Waals surface area contributed by atoms with Crippen molar-refractivity contribution in [1.29, 1.82) is 0 Å². The molecule has 0 bridgehead atoms. The number of halogens is 2. The molecule has 166 valence electrons. The molecule has 7 nitrogen and oxygen atoms in total. The minimum Gasteiger partial charge on any atom is -0.328 e. The molecule has 1 aliphatic rings. The van der Waals surface area contributed by atoms with Gasteiger partial charge in [-0.1, -0.05) is 59.2 Å². The van der Waals surface area contributed by atoms with Crippen LogP contribution in [0.15, 0.2) is 53.7 Å². The molecule has 32 heavy (non-hydrogen) atoms. The minimum absolute atomic E-state index is 0.116. The second kappa shape index (κ2) is 9.94. The second-order valence-corrected chi connectivity index (χ2v) is 9.11. The van der Waals surface area contributed by atoms with Gasteiger partial charge in [0.1, 0.15) is 0 Å². The summed E-state index contributed by atoms with van der Waals surface area (Å²) < 4.78 is 1.84. The lowest BCUT2D eigenvalue weighted by Crippen LogP contribution is -2.32. The average Bonchev–Trinajstić information content (AvgIpc) is 3.40. The third kappa shape index (κ3) is 4.77. The average molecular weight is 490 g/mol. The van der Waals surface area contributed by atoms with Gasteiger partial charge in [-0.25, -0.2) is 0 Å². The van der Waals surface area contributed by atoms with Crippen LogP contribution in [0.1, 0.15) is 35.1 Å². The quantitative estimate of drug-likeness (QED) is 0.501. The summed E-state index contributed by atoms with van der Waals surface area (Å²) in [4.78, 5) is 27.2. The van der Waals surface area contributed by atoms with E-state index in [-0.39, 0.29) is 23.6 Å². The highest BCUT2D eigenvalue weighted by atomic mass is 35.5. The maximum atomic E-state index is 13.1. The summed E-state index contributed by atoms with van der Waals surface area (Å²) in [5, 5.41) is 12.9. The molecule has 1 aromatic heterocycles. The number of hydrogen-bond donors (Lipinski definition) is 1. The van der Waals surface area contributed by atoms with Gasteiger partial charge in [-0.2, -0.15) is 0 Å². The van der Waals surface area contributed by atoms with Gasteiger partial charge in [-0.05, 0) is 37.1 Å². The van der Waals surface area contributed by atoms with Gasteiger partial charge in [0.05, 0.1) is 33.1 Å². The molecular weight excluding hydrogens is 469 g/mol. The zero-order valence-electron chi connectivity index (χ0n) is 17.3. The number of nitrogens with one attached hydrogen (secondary N) is 1. The molecule has 2 amide bonds. The lowest BCUT2D eigenvalue weighted by Gasteiger charge is -2.24. The first kappa shape index (κ1) is 22.6. The highest BCUT2D eigenvalue weighted by molar-refractivity contribution is 7.99. The van der Waals surface area contributed by atoms with E-state index in [0.717, 1.165) is 12.8 Å². The summed E-state index contributed by atoms with van der Waals surface area (Å²) in [6, 6.07) is 13.9. The van der Waals surface area contributed by atoms with E-state index in [2.05, 4.69) is 15.5 Å². The summed E-state index contributed by atoms with van der Waals surface area (Å²) >= 11 is 13.6. The molecule has 1 saturated heterocycles. The fraction of sp³-hybridized carbons (Fsp3) is 0.273. The molecule has 1 aliphatic heterocycles. The van der Waals surface area contributed by atoms with Gasteiger partial charge in [0.2, 0.25) is 5.91 Å². The first-order valence-electron chi connectivity index (χ1n) is 10.1.